The molecule has 2 saturated carbocycles. The molecule has 0 bridgehead atoms. The molecule has 1 aromatic rings. The number of hydrogen-bond donors (Lipinski definition) is 1. The Hall–Kier alpha value is -1.43. The minimum absolute atomic E-state index is 0.0205. The van der Waals surface area contributed by atoms with Crippen molar-refractivity contribution in [1.29, 1.82) is 0 Å². The number of carbonyl (C=O) groups is 1. The fourth-order valence-corrected chi connectivity index (χ4v) is 3.94. The molecule has 1 heterocycles. The van der Waals surface area contributed by atoms with E-state index in [9.17, 15) is 4.79 Å². The van der Waals surface area contributed by atoms with Gasteiger partial charge in [0.15, 0.2) is 5.69 Å². The summed E-state index contributed by atoms with van der Waals surface area (Å²) in [6.45, 7) is 0. The lowest BCUT2D eigenvalue weighted by Crippen LogP contribution is -2.36. The lowest BCUT2D eigenvalue weighted by molar-refractivity contribution is 0.0720. The summed E-state index contributed by atoms with van der Waals surface area (Å²) in [5, 5.41) is 10.1. The third kappa shape index (κ3) is 2.32. The minimum atomic E-state index is -0.0205. The van der Waals surface area contributed by atoms with Crippen molar-refractivity contribution in [2.24, 2.45) is 11.8 Å². The summed E-state index contributed by atoms with van der Waals surface area (Å²) in [5.41, 5.74) is 0.413. The molecule has 3 rings (SSSR count). The third-order valence-electron chi connectivity index (χ3n) is 5.20. The molecule has 6 nitrogen and oxygen atoms in total. The second kappa shape index (κ2) is 5.16. The first-order valence-corrected chi connectivity index (χ1v) is 7.35. The molecular weight excluding hydrogens is 254 g/mol. The monoisotopic (exact) mass is 277 g/mol. The molecule has 110 valence electrons. The van der Waals surface area contributed by atoms with Gasteiger partial charge >= 0.3 is 0 Å². The van der Waals surface area contributed by atoms with Gasteiger partial charge in [-0.2, -0.15) is 15.4 Å². The van der Waals surface area contributed by atoms with Gasteiger partial charge in [-0.3, -0.25) is 4.79 Å². The number of carbonyl (C=O) groups excluding carboxylic acids is 1. The van der Waals surface area contributed by atoms with Crippen molar-refractivity contribution in [1.82, 2.24) is 25.2 Å². The molecule has 2 aliphatic carbocycles. The second-order valence-electron chi connectivity index (χ2n) is 6.51. The Balaban J connectivity index is 1.61. The number of aromatic nitrogens is 3. The minimum Gasteiger partial charge on any atom is -0.337 e. The van der Waals surface area contributed by atoms with Crippen LogP contribution < -0.4 is 0 Å². The predicted molar refractivity (Wildman–Crippen MR) is 75.2 cm³/mol. The molecule has 6 heteroatoms. The molecule has 1 aromatic heterocycles. The van der Waals surface area contributed by atoms with Gasteiger partial charge in [0.05, 0.1) is 6.20 Å². The van der Waals surface area contributed by atoms with E-state index in [0.717, 1.165) is 30.7 Å². The van der Waals surface area contributed by atoms with Gasteiger partial charge in [-0.05, 0) is 51.6 Å². The van der Waals surface area contributed by atoms with Gasteiger partial charge in [0, 0.05) is 19.1 Å². The van der Waals surface area contributed by atoms with Crippen LogP contribution in [0.25, 0.3) is 0 Å². The van der Waals surface area contributed by atoms with Gasteiger partial charge in [-0.25, -0.2) is 0 Å². The third-order valence-corrected chi connectivity index (χ3v) is 5.20. The molecule has 20 heavy (non-hydrogen) atoms. The van der Waals surface area contributed by atoms with E-state index in [1.165, 1.54) is 19.0 Å². The van der Waals surface area contributed by atoms with Crippen LogP contribution in [0.1, 0.15) is 36.2 Å². The summed E-state index contributed by atoms with van der Waals surface area (Å²) in [6, 6.07) is 1.08. The maximum atomic E-state index is 12.3. The Morgan fingerprint density at radius 2 is 1.75 bits per heavy atom. The summed E-state index contributed by atoms with van der Waals surface area (Å²) in [4.78, 5) is 16.5. The Morgan fingerprint density at radius 1 is 1.15 bits per heavy atom. The maximum absolute atomic E-state index is 12.3. The largest absolute Gasteiger partial charge is 0.337 e. The van der Waals surface area contributed by atoms with E-state index in [0.29, 0.717) is 11.7 Å². The SMILES string of the molecule is CN(C)C1C[C@@H]2CC(N(C)C(=O)c3cn[nH]n3)C[C@@H]2C1. The van der Waals surface area contributed by atoms with Gasteiger partial charge < -0.3 is 9.80 Å². The number of aromatic amines is 1. The van der Waals surface area contributed by atoms with Crippen LogP contribution in [0.4, 0.5) is 0 Å². The van der Waals surface area contributed by atoms with Crippen LogP contribution in [0.3, 0.4) is 0 Å². The zero-order valence-corrected chi connectivity index (χ0v) is 12.4. The molecule has 0 aromatic carbocycles. The van der Waals surface area contributed by atoms with Crippen molar-refractivity contribution in [2.75, 3.05) is 21.1 Å². The van der Waals surface area contributed by atoms with Gasteiger partial charge in [0.1, 0.15) is 0 Å². The fraction of sp³-hybridized carbons (Fsp3) is 0.786. The highest BCUT2D eigenvalue weighted by Gasteiger charge is 2.44. The molecule has 2 aliphatic rings. The number of hydrogen-bond acceptors (Lipinski definition) is 4. The van der Waals surface area contributed by atoms with E-state index < -0.39 is 0 Å². The van der Waals surface area contributed by atoms with Crippen molar-refractivity contribution in [2.45, 2.75) is 37.8 Å². The summed E-state index contributed by atoms with van der Waals surface area (Å²) in [6.07, 6.45) is 6.32. The molecular formula is C14H23N5O. The number of amides is 1. The van der Waals surface area contributed by atoms with Gasteiger partial charge in [-0.15, -0.1) is 0 Å². The van der Waals surface area contributed by atoms with Crippen molar-refractivity contribution < 1.29 is 4.79 Å². The van der Waals surface area contributed by atoms with Crippen molar-refractivity contribution >= 4 is 5.91 Å². The standard InChI is InChI=1S/C14H23N5O/c1-18(2)11-4-9-6-12(7-10(9)5-11)19(3)14(20)13-8-15-17-16-13/h8-12H,4-7H2,1-3H3,(H,15,16,17)/t9-,10+,11?,12?. The Morgan fingerprint density at radius 3 is 2.25 bits per heavy atom. The Bertz CT molecular complexity index is 458. The average molecular weight is 277 g/mol. The maximum Gasteiger partial charge on any atom is 0.276 e. The van der Waals surface area contributed by atoms with Crippen LogP contribution >= 0.6 is 0 Å². The summed E-state index contributed by atoms with van der Waals surface area (Å²) >= 11 is 0. The molecule has 0 spiro atoms. The van der Waals surface area contributed by atoms with E-state index in [4.69, 9.17) is 0 Å². The highest BCUT2D eigenvalue weighted by Crippen LogP contribution is 2.46. The van der Waals surface area contributed by atoms with E-state index in [1.807, 2.05) is 11.9 Å². The fourth-order valence-electron chi connectivity index (χ4n) is 3.94. The number of nitrogens with one attached hydrogen (secondary N) is 1. The summed E-state index contributed by atoms with van der Waals surface area (Å²) < 4.78 is 0. The highest BCUT2D eigenvalue weighted by atomic mass is 16.2. The first-order chi connectivity index (χ1) is 9.56. The highest BCUT2D eigenvalue weighted by molar-refractivity contribution is 5.91. The zero-order chi connectivity index (χ0) is 14.3. The number of fused-ring (bicyclic) bond motifs is 1. The topological polar surface area (TPSA) is 65.1 Å². The molecule has 1 N–H and O–H groups in total. The molecule has 0 saturated heterocycles. The van der Waals surface area contributed by atoms with Crippen LogP contribution in [-0.2, 0) is 0 Å². The van der Waals surface area contributed by atoms with Crippen LogP contribution in [-0.4, -0.2) is 64.3 Å². The first-order valence-electron chi connectivity index (χ1n) is 7.35. The van der Waals surface area contributed by atoms with Crippen LogP contribution in [0.2, 0.25) is 0 Å². The first kappa shape index (κ1) is 13.5. The second-order valence-corrected chi connectivity index (χ2v) is 6.51. The summed E-state index contributed by atoms with van der Waals surface area (Å²) in [7, 11) is 6.24. The normalized spacial score (nSPS) is 32.6. The van der Waals surface area contributed by atoms with E-state index in [2.05, 4.69) is 34.4 Å². The smallest absolute Gasteiger partial charge is 0.276 e. The molecule has 0 radical (unpaired) electrons. The molecule has 4 atom stereocenters. The predicted octanol–water partition coefficient (Wildman–Crippen LogP) is 0.995. The van der Waals surface area contributed by atoms with E-state index in [1.54, 1.807) is 0 Å². The van der Waals surface area contributed by atoms with Crippen molar-refractivity contribution in [3.05, 3.63) is 11.9 Å². The van der Waals surface area contributed by atoms with Crippen LogP contribution in [0.5, 0.6) is 0 Å². The lowest BCUT2D eigenvalue weighted by Gasteiger charge is -2.26. The van der Waals surface area contributed by atoms with Crippen molar-refractivity contribution in [3.8, 4) is 0 Å². The average Bonchev–Trinajstić information content (AvgIpc) is 3.11. The van der Waals surface area contributed by atoms with Gasteiger partial charge in [-0.1, -0.05) is 0 Å². The lowest BCUT2D eigenvalue weighted by atomic mass is 10.0. The van der Waals surface area contributed by atoms with E-state index in [-0.39, 0.29) is 5.91 Å². The van der Waals surface area contributed by atoms with Crippen molar-refractivity contribution in [3.63, 3.8) is 0 Å². The molecule has 2 fully saturated rings. The van der Waals surface area contributed by atoms with Crippen LogP contribution in [0, 0.1) is 11.8 Å². The molecule has 1 amide bonds. The molecule has 0 aliphatic heterocycles. The van der Waals surface area contributed by atoms with E-state index >= 15 is 0 Å². The molecule has 2 unspecified atom stereocenters. The Labute approximate surface area is 119 Å². The number of H-pyrrole nitrogens is 1. The number of rotatable bonds is 3. The zero-order valence-electron chi connectivity index (χ0n) is 12.4. The Kier molecular flexibility index (Phi) is 3.50. The summed E-state index contributed by atoms with van der Waals surface area (Å²) in [5.74, 6) is 1.54. The quantitative estimate of drug-likeness (QED) is 0.895. The van der Waals surface area contributed by atoms with Gasteiger partial charge in [0.25, 0.3) is 5.91 Å². The number of nitrogens with zero attached hydrogens (tertiary/aromatic N) is 4. The van der Waals surface area contributed by atoms with Gasteiger partial charge in [0.2, 0.25) is 0 Å². The van der Waals surface area contributed by atoms with Crippen LogP contribution in [0.15, 0.2) is 6.20 Å².